The van der Waals surface area contributed by atoms with E-state index in [-0.39, 0.29) is 17.2 Å². The third kappa shape index (κ3) is 3.30. The van der Waals surface area contributed by atoms with Crippen LogP contribution in [0.3, 0.4) is 0 Å². The van der Waals surface area contributed by atoms with Gasteiger partial charge in [0.2, 0.25) is 5.13 Å². The summed E-state index contributed by atoms with van der Waals surface area (Å²) in [6.07, 6.45) is 0. The number of carbonyl (C=O) groups is 1. The van der Waals surface area contributed by atoms with Gasteiger partial charge in [0, 0.05) is 10.4 Å². The predicted octanol–water partition coefficient (Wildman–Crippen LogP) is 3.38. The second kappa shape index (κ2) is 5.66. The molecule has 0 saturated heterocycles. The molecular formula is C12H12BrN3O2S. The second-order valence-electron chi connectivity index (χ2n) is 4.22. The van der Waals surface area contributed by atoms with E-state index in [0.717, 1.165) is 9.48 Å². The Morgan fingerprint density at radius 3 is 2.79 bits per heavy atom. The van der Waals surface area contributed by atoms with E-state index in [9.17, 15) is 9.90 Å². The van der Waals surface area contributed by atoms with Crippen molar-refractivity contribution in [1.82, 2.24) is 10.2 Å². The molecule has 0 unspecified atom stereocenters. The first-order valence-electron chi connectivity index (χ1n) is 5.60. The zero-order valence-corrected chi connectivity index (χ0v) is 12.7. The number of hydrogen-bond donors (Lipinski definition) is 2. The molecule has 2 aromatic rings. The van der Waals surface area contributed by atoms with Crippen LogP contribution in [-0.4, -0.2) is 21.2 Å². The largest absolute Gasteiger partial charge is 0.507 e. The molecule has 0 fully saturated rings. The number of aromatic nitrogens is 2. The van der Waals surface area contributed by atoms with Crippen molar-refractivity contribution in [2.75, 3.05) is 5.32 Å². The standard InChI is InChI=1S/C12H12BrN3O2S/c1-6(2)11-15-16-12(19-11)14-10(18)8-5-7(13)3-4-9(8)17/h3-6,17H,1-2H3,(H,14,16,18). The van der Waals surface area contributed by atoms with Gasteiger partial charge in [-0.05, 0) is 18.2 Å². The van der Waals surface area contributed by atoms with Gasteiger partial charge in [-0.25, -0.2) is 0 Å². The van der Waals surface area contributed by atoms with Crippen molar-refractivity contribution >= 4 is 38.3 Å². The van der Waals surface area contributed by atoms with E-state index in [0.29, 0.717) is 5.13 Å². The average Bonchev–Trinajstić information content (AvgIpc) is 2.80. The van der Waals surface area contributed by atoms with Crippen LogP contribution in [0.5, 0.6) is 5.75 Å². The van der Waals surface area contributed by atoms with Crippen LogP contribution in [0.1, 0.15) is 35.1 Å². The molecule has 2 rings (SSSR count). The molecule has 0 atom stereocenters. The number of rotatable bonds is 3. The summed E-state index contributed by atoms with van der Waals surface area (Å²) < 4.78 is 0.718. The summed E-state index contributed by atoms with van der Waals surface area (Å²) in [5.74, 6) is -0.220. The molecule has 0 aliphatic carbocycles. The van der Waals surface area contributed by atoms with Gasteiger partial charge in [0.25, 0.3) is 5.91 Å². The minimum absolute atomic E-state index is 0.0747. The molecular weight excluding hydrogens is 330 g/mol. The summed E-state index contributed by atoms with van der Waals surface area (Å²) in [6.45, 7) is 4.01. The van der Waals surface area contributed by atoms with Crippen molar-refractivity contribution in [2.24, 2.45) is 0 Å². The molecule has 1 heterocycles. The lowest BCUT2D eigenvalue weighted by atomic mass is 10.2. The predicted molar refractivity (Wildman–Crippen MR) is 77.8 cm³/mol. The number of carbonyl (C=O) groups excluding carboxylic acids is 1. The van der Waals surface area contributed by atoms with Gasteiger partial charge >= 0.3 is 0 Å². The van der Waals surface area contributed by atoms with E-state index in [1.165, 1.54) is 17.4 Å². The minimum Gasteiger partial charge on any atom is -0.507 e. The molecule has 2 N–H and O–H groups in total. The maximum atomic E-state index is 12.0. The topological polar surface area (TPSA) is 75.1 Å². The lowest BCUT2D eigenvalue weighted by Crippen LogP contribution is -2.11. The minimum atomic E-state index is -0.412. The summed E-state index contributed by atoms with van der Waals surface area (Å²) in [6, 6.07) is 4.67. The Morgan fingerprint density at radius 2 is 2.16 bits per heavy atom. The molecule has 1 amide bonds. The fourth-order valence-electron chi connectivity index (χ4n) is 1.37. The van der Waals surface area contributed by atoms with Crippen molar-refractivity contribution in [3.05, 3.63) is 33.2 Å². The summed E-state index contributed by atoms with van der Waals surface area (Å²) in [5, 5.41) is 21.5. The van der Waals surface area contributed by atoms with Gasteiger partial charge in [-0.15, -0.1) is 10.2 Å². The van der Waals surface area contributed by atoms with Gasteiger partial charge in [0.1, 0.15) is 10.8 Å². The normalized spacial score (nSPS) is 10.7. The first-order chi connectivity index (χ1) is 8.97. The van der Waals surface area contributed by atoms with Crippen LogP contribution in [0.4, 0.5) is 5.13 Å². The lowest BCUT2D eigenvalue weighted by molar-refractivity contribution is 0.102. The third-order valence-electron chi connectivity index (χ3n) is 2.36. The number of phenols is 1. The Morgan fingerprint density at radius 1 is 1.42 bits per heavy atom. The Labute approximate surface area is 122 Å². The smallest absolute Gasteiger partial charge is 0.261 e. The van der Waals surface area contributed by atoms with Crippen molar-refractivity contribution in [1.29, 1.82) is 0 Å². The Hall–Kier alpha value is -1.47. The van der Waals surface area contributed by atoms with Crippen LogP contribution in [0, 0.1) is 0 Å². The number of amides is 1. The van der Waals surface area contributed by atoms with Crippen LogP contribution in [0.25, 0.3) is 0 Å². The fraction of sp³-hybridized carbons (Fsp3) is 0.250. The number of phenolic OH excluding ortho intramolecular Hbond substituents is 1. The number of nitrogens with one attached hydrogen (secondary N) is 1. The summed E-state index contributed by atoms with van der Waals surface area (Å²) in [7, 11) is 0. The number of anilines is 1. The van der Waals surface area contributed by atoms with E-state index in [2.05, 4.69) is 31.4 Å². The van der Waals surface area contributed by atoms with Crippen molar-refractivity contribution in [3.8, 4) is 5.75 Å². The van der Waals surface area contributed by atoms with E-state index in [1.807, 2.05) is 13.8 Å². The van der Waals surface area contributed by atoms with Crippen LogP contribution < -0.4 is 5.32 Å². The first-order valence-corrected chi connectivity index (χ1v) is 7.21. The zero-order valence-electron chi connectivity index (χ0n) is 10.3. The van der Waals surface area contributed by atoms with Crippen LogP contribution in [-0.2, 0) is 0 Å². The maximum absolute atomic E-state index is 12.0. The molecule has 0 aliphatic rings. The molecule has 0 radical (unpaired) electrons. The van der Waals surface area contributed by atoms with Gasteiger partial charge in [0.05, 0.1) is 5.56 Å². The number of hydrogen-bond acceptors (Lipinski definition) is 5. The van der Waals surface area contributed by atoms with Crippen LogP contribution in [0.15, 0.2) is 22.7 Å². The van der Waals surface area contributed by atoms with E-state index in [1.54, 1.807) is 12.1 Å². The summed E-state index contributed by atoms with van der Waals surface area (Å²) in [4.78, 5) is 12.0. The molecule has 0 spiro atoms. The van der Waals surface area contributed by atoms with Gasteiger partial charge in [-0.1, -0.05) is 41.1 Å². The van der Waals surface area contributed by atoms with E-state index in [4.69, 9.17) is 0 Å². The molecule has 7 heteroatoms. The van der Waals surface area contributed by atoms with Crippen molar-refractivity contribution < 1.29 is 9.90 Å². The van der Waals surface area contributed by atoms with Crippen molar-refractivity contribution in [3.63, 3.8) is 0 Å². The van der Waals surface area contributed by atoms with Crippen LogP contribution >= 0.6 is 27.3 Å². The number of aromatic hydroxyl groups is 1. The number of benzene rings is 1. The molecule has 0 aliphatic heterocycles. The fourth-order valence-corrected chi connectivity index (χ4v) is 2.47. The second-order valence-corrected chi connectivity index (χ2v) is 6.14. The molecule has 0 bridgehead atoms. The number of halogens is 1. The quantitative estimate of drug-likeness (QED) is 0.897. The van der Waals surface area contributed by atoms with Gasteiger partial charge < -0.3 is 5.11 Å². The molecule has 1 aromatic heterocycles. The van der Waals surface area contributed by atoms with Crippen molar-refractivity contribution in [2.45, 2.75) is 19.8 Å². The monoisotopic (exact) mass is 341 g/mol. The number of nitrogens with zero attached hydrogens (tertiary/aromatic N) is 2. The Balaban J connectivity index is 2.18. The maximum Gasteiger partial charge on any atom is 0.261 e. The highest BCUT2D eigenvalue weighted by Gasteiger charge is 2.15. The average molecular weight is 342 g/mol. The molecule has 5 nitrogen and oxygen atoms in total. The summed E-state index contributed by atoms with van der Waals surface area (Å²) >= 11 is 4.58. The first kappa shape index (κ1) is 14.0. The SMILES string of the molecule is CC(C)c1nnc(NC(=O)c2cc(Br)ccc2O)s1. The van der Waals surface area contributed by atoms with Gasteiger partial charge in [-0.3, -0.25) is 10.1 Å². The molecule has 0 saturated carbocycles. The summed E-state index contributed by atoms with van der Waals surface area (Å²) in [5.41, 5.74) is 0.190. The van der Waals surface area contributed by atoms with E-state index < -0.39 is 5.91 Å². The highest BCUT2D eigenvalue weighted by Crippen LogP contribution is 2.25. The van der Waals surface area contributed by atoms with E-state index >= 15 is 0 Å². The molecule has 100 valence electrons. The third-order valence-corrected chi connectivity index (χ3v) is 3.99. The molecule has 19 heavy (non-hydrogen) atoms. The van der Waals surface area contributed by atoms with Crippen LogP contribution in [0.2, 0.25) is 0 Å². The highest BCUT2D eigenvalue weighted by molar-refractivity contribution is 9.10. The Bertz CT molecular complexity index is 613. The molecule has 1 aromatic carbocycles. The highest BCUT2D eigenvalue weighted by atomic mass is 79.9. The lowest BCUT2D eigenvalue weighted by Gasteiger charge is -2.04. The van der Waals surface area contributed by atoms with Gasteiger partial charge in [-0.2, -0.15) is 0 Å². The zero-order chi connectivity index (χ0) is 14.0. The Kier molecular flexibility index (Phi) is 4.16. The van der Waals surface area contributed by atoms with Gasteiger partial charge in [0.15, 0.2) is 0 Å².